The molecule has 2 saturated heterocycles. The third kappa shape index (κ3) is 6.20. The highest BCUT2D eigenvalue weighted by Gasteiger charge is 2.28. The first-order valence-electron chi connectivity index (χ1n) is 13.8. The second-order valence-corrected chi connectivity index (χ2v) is 11.2. The van der Waals surface area contributed by atoms with Crippen molar-refractivity contribution in [1.29, 1.82) is 0 Å². The van der Waals surface area contributed by atoms with Gasteiger partial charge in [0.05, 0.1) is 22.4 Å². The van der Waals surface area contributed by atoms with Gasteiger partial charge in [-0.1, -0.05) is 24.6 Å². The van der Waals surface area contributed by atoms with Gasteiger partial charge in [0.25, 0.3) is 11.5 Å². The Morgan fingerprint density at radius 1 is 1.13 bits per heavy atom. The number of aryl methyl sites for hydroxylation is 1. The van der Waals surface area contributed by atoms with Gasteiger partial charge in [-0.25, -0.2) is 9.97 Å². The van der Waals surface area contributed by atoms with Crippen LogP contribution in [-0.2, 0) is 18.3 Å². The van der Waals surface area contributed by atoms with Gasteiger partial charge < -0.3 is 24.4 Å². The Hall–Kier alpha value is -3.17. The van der Waals surface area contributed by atoms with Crippen LogP contribution in [0.15, 0.2) is 35.3 Å². The number of pyridine rings is 1. The number of ether oxygens (including phenoxy) is 1. The highest BCUT2D eigenvalue weighted by molar-refractivity contribution is 6.31. The molecular weight excluding hydrogens is 516 g/mol. The number of benzene rings is 1. The normalized spacial score (nSPS) is 17.5. The molecule has 2 aliphatic rings. The van der Waals surface area contributed by atoms with E-state index in [4.69, 9.17) is 21.3 Å². The zero-order valence-electron chi connectivity index (χ0n) is 23.0. The molecule has 39 heavy (non-hydrogen) atoms. The average Bonchev–Trinajstić information content (AvgIpc) is 2.95. The van der Waals surface area contributed by atoms with Crippen LogP contribution in [0.1, 0.15) is 43.9 Å². The lowest BCUT2D eigenvalue weighted by Crippen LogP contribution is -2.48. The highest BCUT2D eigenvalue weighted by atomic mass is 35.5. The summed E-state index contributed by atoms with van der Waals surface area (Å²) in [6.07, 6.45) is 7.10. The van der Waals surface area contributed by atoms with Crippen molar-refractivity contribution in [2.75, 3.05) is 44.7 Å². The lowest BCUT2D eigenvalue weighted by atomic mass is 9.95. The van der Waals surface area contributed by atoms with Gasteiger partial charge in [0.15, 0.2) is 12.4 Å². The zero-order chi connectivity index (χ0) is 27.5. The fraction of sp³-hybridized carbons (Fsp3) is 0.517. The van der Waals surface area contributed by atoms with Crippen molar-refractivity contribution in [2.45, 2.75) is 45.1 Å². The number of carbonyl (C=O) groups is 1. The van der Waals surface area contributed by atoms with Crippen molar-refractivity contribution in [1.82, 2.24) is 24.8 Å². The molecule has 1 N–H and O–H groups in total. The van der Waals surface area contributed by atoms with E-state index in [2.05, 4.69) is 27.0 Å². The van der Waals surface area contributed by atoms with E-state index in [1.807, 2.05) is 18.2 Å². The maximum absolute atomic E-state index is 12.7. The van der Waals surface area contributed by atoms with Gasteiger partial charge in [0, 0.05) is 45.0 Å². The number of anilines is 1. The summed E-state index contributed by atoms with van der Waals surface area (Å²) in [6, 6.07) is 8.24. The van der Waals surface area contributed by atoms with Crippen LogP contribution in [-0.4, -0.2) is 71.2 Å². The fourth-order valence-electron chi connectivity index (χ4n) is 5.62. The molecular formula is C29H37ClN6O3. The van der Waals surface area contributed by atoms with Crippen LogP contribution in [0.25, 0.3) is 10.9 Å². The number of amides is 1. The Morgan fingerprint density at radius 2 is 1.87 bits per heavy atom. The quantitative estimate of drug-likeness (QED) is 0.480. The number of rotatable bonds is 7. The first-order chi connectivity index (χ1) is 18.8. The Labute approximate surface area is 234 Å². The lowest BCUT2D eigenvalue weighted by Gasteiger charge is -2.41. The summed E-state index contributed by atoms with van der Waals surface area (Å²) in [5.41, 5.74) is 2.26. The van der Waals surface area contributed by atoms with Crippen molar-refractivity contribution >= 4 is 34.4 Å². The molecule has 0 atom stereocenters. The van der Waals surface area contributed by atoms with E-state index in [0.29, 0.717) is 17.5 Å². The number of hydrogen-bond acceptors (Lipinski definition) is 7. The Balaban J connectivity index is 1.30. The van der Waals surface area contributed by atoms with E-state index in [1.54, 1.807) is 19.3 Å². The van der Waals surface area contributed by atoms with Crippen LogP contribution < -0.4 is 20.5 Å². The molecule has 0 unspecified atom stereocenters. The number of likely N-dealkylation sites (tertiary alicyclic amines) is 1. The molecule has 3 aromatic rings. The van der Waals surface area contributed by atoms with Gasteiger partial charge in [-0.15, -0.1) is 0 Å². The summed E-state index contributed by atoms with van der Waals surface area (Å²) in [4.78, 5) is 38.7. The van der Waals surface area contributed by atoms with Crippen molar-refractivity contribution in [3.63, 3.8) is 0 Å². The number of carbonyl (C=O) groups excluding carboxylic acids is 1. The summed E-state index contributed by atoms with van der Waals surface area (Å²) >= 11 is 6.54. The van der Waals surface area contributed by atoms with Gasteiger partial charge in [-0.05, 0) is 68.5 Å². The van der Waals surface area contributed by atoms with E-state index in [0.717, 1.165) is 60.0 Å². The predicted octanol–water partition coefficient (Wildman–Crippen LogP) is 3.40. The molecule has 0 saturated carbocycles. The minimum Gasteiger partial charge on any atom is -0.478 e. The maximum atomic E-state index is 12.7. The maximum Gasteiger partial charge on any atom is 0.293 e. The zero-order valence-corrected chi connectivity index (χ0v) is 23.7. The number of nitrogens with zero attached hydrogens (tertiary/aromatic N) is 5. The van der Waals surface area contributed by atoms with E-state index >= 15 is 0 Å². The van der Waals surface area contributed by atoms with Crippen LogP contribution >= 0.6 is 11.6 Å². The van der Waals surface area contributed by atoms with Crippen LogP contribution in [0.3, 0.4) is 0 Å². The molecule has 0 aliphatic carbocycles. The third-order valence-electron chi connectivity index (χ3n) is 8.15. The molecule has 4 heterocycles. The van der Waals surface area contributed by atoms with Crippen LogP contribution in [0.5, 0.6) is 5.75 Å². The van der Waals surface area contributed by atoms with E-state index in [9.17, 15) is 9.59 Å². The first-order valence-corrected chi connectivity index (χ1v) is 14.2. The van der Waals surface area contributed by atoms with Crippen molar-refractivity contribution in [3.05, 3.63) is 57.1 Å². The fourth-order valence-corrected chi connectivity index (χ4v) is 5.78. The number of piperidine rings is 2. The minimum absolute atomic E-state index is 0.135. The van der Waals surface area contributed by atoms with Crippen LogP contribution in [0.2, 0.25) is 5.02 Å². The molecule has 9 nitrogen and oxygen atoms in total. The molecule has 0 radical (unpaired) electrons. The third-order valence-corrected chi connectivity index (χ3v) is 8.47. The van der Waals surface area contributed by atoms with Crippen LogP contribution in [0, 0.1) is 5.92 Å². The van der Waals surface area contributed by atoms with E-state index in [1.165, 1.54) is 37.5 Å². The van der Waals surface area contributed by atoms with Gasteiger partial charge in [-0.3, -0.25) is 9.59 Å². The van der Waals surface area contributed by atoms with Crippen molar-refractivity contribution in [2.24, 2.45) is 13.0 Å². The lowest BCUT2D eigenvalue weighted by molar-refractivity contribution is -0.122. The Kier molecular flexibility index (Phi) is 8.37. The summed E-state index contributed by atoms with van der Waals surface area (Å²) in [6.45, 7) is 6.47. The summed E-state index contributed by atoms with van der Waals surface area (Å²) in [5, 5.41) is 3.86. The van der Waals surface area contributed by atoms with Crippen LogP contribution in [0.4, 0.5) is 5.95 Å². The largest absolute Gasteiger partial charge is 0.478 e. The number of aromatic nitrogens is 3. The second-order valence-electron chi connectivity index (χ2n) is 10.8. The van der Waals surface area contributed by atoms with Crippen molar-refractivity contribution in [3.8, 4) is 5.75 Å². The summed E-state index contributed by atoms with van der Waals surface area (Å²) in [7, 11) is 3.22. The molecule has 0 spiro atoms. The van der Waals surface area contributed by atoms with E-state index in [-0.39, 0.29) is 23.8 Å². The molecule has 1 aromatic carbocycles. The molecule has 1 amide bonds. The minimum atomic E-state index is -0.300. The Morgan fingerprint density at radius 3 is 2.59 bits per heavy atom. The number of likely N-dealkylation sites (N-methyl/N-ethyl adjacent to an activating group) is 1. The second kappa shape index (κ2) is 11.9. The number of halogens is 1. The standard InChI is InChI=1S/C29H37ClN6O3/c1-19-6-10-35(11-7-19)22-8-12-36(13-9-22)29-32-17-23(30)24(33-29)15-20-4-5-25-21(14-20)16-26(28(38)34(25)3)39-18-27(37)31-2/h4-5,14,16-17,19,22H,6-13,15,18H2,1-3H3,(H,31,37). The van der Waals surface area contributed by atoms with Gasteiger partial charge in [-0.2, -0.15) is 0 Å². The SMILES string of the molecule is CNC(=O)COc1cc2cc(Cc3nc(N4CCC(N5CCC(C)CC5)CC4)ncc3Cl)ccc2n(C)c1=O. The number of fused-ring (bicyclic) bond motifs is 1. The molecule has 10 heteroatoms. The smallest absolute Gasteiger partial charge is 0.293 e. The molecule has 0 bridgehead atoms. The molecule has 2 aromatic heterocycles. The molecule has 2 aliphatic heterocycles. The number of hydrogen-bond donors (Lipinski definition) is 1. The number of nitrogens with one attached hydrogen (secondary N) is 1. The van der Waals surface area contributed by atoms with Gasteiger partial charge in [0.1, 0.15) is 0 Å². The molecule has 5 rings (SSSR count). The van der Waals surface area contributed by atoms with Crippen molar-refractivity contribution < 1.29 is 9.53 Å². The first kappa shape index (κ1) is 27.4. The summed E-state index contributed by atoms with van der Waals surface area (Å²) in [5.74, 6) is 1.41. The topological polar surface area (TPSA) is 92.6 Å². The highest BCUT2D eigenvalue weighted by Crippen LogP contribution is 2.27. The van der Waals surface area contributed by atoms with Gasteiger partial charge in [0.2, 0.25) is 5.95 Å². The van der Waals surface area contributed by atoms with Gasteiger partial charge >= 0.3 is 0 Å². The monoisotopic (exact) mass is 552 g/mol. The Bertz CT molecular complexity index is 1390. The summed E-state index contributed by atoms with van der Waals surface area (Å²) < 4.78 is 7.02. The molecule has 2 fully saturated rings. The predicted molar refractivity (Wildman–Crippen MR) is 154 cm³/mol. The van der Waals surface area contributed by atoms with E-state index < -0.39 is 0 Å². The average molecular weight is 553 g/mol. The molecule has 208 valence electrons.